The lowest BCUT2D eigenvalue weighted by Gasteiger charge is -2.33. The Morgan fingerprint density at radius 2 is 1.68 bits per heavy atom. The third-order valence-electron chi connectivity index (χ3n) is 4.74. The largest absolute Gasteiger partial charge is 0.465 e. The van der Waals surface area contributed by atoms with Crippen LogP contribution in [0.2, 0.25) is 19.6 Å². The molecule has 0 fully saturated rings. The van der Waals surface area contributed by atoms with E-state index in [9.17, 15) is 9.59 Å². The highest BCUT2D eigenvalue weighted by Gasteiger charge is 2.50. The normalized spacial score (nSPS) is 18.2. The monoisotopic (exact) mass is 406 g/mol. The summed E-state index contributed by atoms with van der Waals surface area (Å²) < 4.78 is 10.6. The fourth-order valence-corrected chi connectivity index (χ4v) is 4.72. The van der Waals surface area contributed by atoms with E-state index in [1.54, 1.807) is 13.8 Å². The number of unbranched alkanes of at least 4 members (excludes halogenated alkanes) is 3. The number of hydrogen-bond acceptors (Lipinski definition) is 4. The molecular weight excluding hydrogens is 368 g/mol. The van der Waals surface area contributed by atoms with Crippen LogP contribution in [0.15, 0.2) is 35.1 Å². The summed E-state index contributed by atoms with van der Waals surface area (Å²) in [7, 11) is -1.56. The molecule has 0 unspecified atom stereocenters. The first-order chi connectivity index (χ1) is 13.2. The van der Waals surface area contributed by atoms with E-state index in [-0.39, 0.29) is 13.2 Å². The van der Waals surface area contributed by atoms with E-state index in [1.165, 1.54) is 19.3 Å². The zero-order valence-electron chi connectivity index (χ0n) is 18.6. The van der Waals surface area contributed by atoms with Gasteiger partial charge in [-0.05, 0) is 50.7 Å². The molecular formula is C23H38O4Si. The van der Waals surface area contributed by atoms with Crippen LogP contribution in [0.25, 0.3) is 0 Å². The van der Waals surface area contributed by atoms with Crippen molar-refractivity contribution in [2.24, 2.45) is 5.41 Å². The molecule has 0 atom stereocenters. The number of carbonyl (C=O) groups is 2. The zero-order chi connectivity index (χ0) is 21.2. The number of rotatable bonds is 10. The molecule has 4 nitrogen and oxygen atoms in total. The quantitative estimate of drug-likeness (QED) is 0.200. The van der Waals surface area contributed by atoms with E-state index in [0.717, 1.165) is 17.6 Å². The van der Waals surface area contributed by atoms with Crippen molar-refractivity contribution in [2.75, 3.05) is 13.2 Å². The van der Waals surface area contributed by atoms with Gasteiger partial charge in [0.05, 0.1) is 21.3 Å². The van der Waals surface area contributed by atoms with Crippen molar-refractivity contribution < 1.29 is 19.1 Å². The maximum Gasteiger partial charge on any atom is 0.324 e. The Bertz CT molecular complexity index is 605. The number of carbonyl (C=O) groups excluding carboxylic acids is 2. The summed E-state index contributed by atoms with van der Waals surface area (Å²) in [5, 5.41) is 0. The van der Waals surface area contributed by atoms with Crippen molar-refractivity contribution in [3.05, 3.63) is 35.1 Å². The summed E-state index contributed by atoms with van der Waals surface area (Å²) in [6, 6.07) is 0. The van der Waals surface area contributed by atoms with Crippen LogP contribution >= 0.6 is 0 Å². The van der Waals surface area contributed by atoms with Gasteiger partial charge in [0.15, 0.2) is 5.41 Å². The standard InChI is InChI=1S/C23H38O4Si/c1-7-10-11-12-13-14-19-15-16-23(21(24)26-8-2,22(25)27-9-3)17-20(19)18-28(4,5)6/h13-15,18H,7-12,16-17H2,1-6H3/b14-13+,20-18+. The first-order valence-electron chi connectivity index (χ1n) is 10.6. The van der Waals surface area contributed by atoms with Gasteiger partial charge in [0.2, 0.25) is 0 Å². The van der Waals surface area contributed by atoms with Gasteiger partial charge in [0.25, 0.3) is 0 Å². The Morgan fingerprint density at radius 3 is 2.18 bits per heavy atom. The summed E-state index contributed by atoms with van der Waals surface area (Å²) in [4.78, 5) is 25.6. The number of hydrogen-bond donors (Lipinski definition) is 0. The second-order valence-electron chi connectivity index (χ2n) is 8.50. The molecule has 0 aliphatic heterocycles. The molecule has 0 bridgehead atoms. The molecule has 0 N–H and O–H groups in total. The molecule has 0 aromatic heterocycles. The lowest BCUT2D eigenvalue weighted by molar-refractivity contribution is -0.172. The minimum absolute atomic E-state index is 0.251. The first-order valence-corrected chi connectivity index (χ1v) is 14.2. The average Bonchev–Trinajstić information content (AvgIpc) is 2.61. The highest BCUT2D eigenvalue weighted by molar-refractivity contribution is 6.81. The lowest BCUT2D eigenvalue weighted by Crippen LogP contribution is -2.44. The SMILES string of the molecule is CCCCC/C=C/C1=CCC(C(=O)OCC)(C(=O)OCC)C/C1=C\[Si](C)(C)C. The van der Waals surface area contributed by atoms with Gasteiger partial charge >= 0.3 is 11.9 Å². The third-order valence-corrected chi connectivity index (χ3v) is 5.96. The Kier molecular flexibility index (Phi) is 9.94. The van der Waals surface area contributed by atoms with Crippen LogP contribution in [0, 0.1) is 5.41 Å². The fraction of sp³-hybridized carbons (Fsp3) is 0.652. The molecule has 0 aromatic carbocycles. The molecule has 5 heteroatoms. The second kappa shape index (κ2) is 11.4. The average molecular weight is 407 g/mol. The molecule has 0 amide bonds. The van der Waals surface area contributed by atoms with Gasteiger partial charge in [0, 0.05) is 0 Å². The van der Waals surface area contributed by atoms with Crippen LogP contribution in [-0.2, 0) is 19.1 Å². The van der Waals surface area contributed by atoms with Crippen molar-refractivity contribution in [1.82, 2.24) is 0 Å². The summed E-state index contributed by atoms with van der Waals surface area (Å²) >= 11 is 0. The molecule has 158 valence electrons. The molecule has 1 aliphatic rings. The molecule has 0 heterocycles. The highest BCUT2D eigenvalue weighted by atomic mass is 28.3. The van der Waals surface area contributed by atoms with Gasteiger partial charge in [-0.25, -0.2) is 0 Å². The number of esters is 2. The molecule has 0 saturated carbocycles. The van der Waals surface area contributed by atoms with Gasteiger partial charge in [-0.15, -0.1) is 0 Å². The van der Waals surface area contributed by atoms with Gasteiger partial charge in [0.1, 0.15) is 0 Å². The second-order valence-corrected chi connectivity index (χ2v) is 13.5. The molecule has 0 aromatic rings. The Balaban J connectivity index is 3.26. The van der Waals surface area contributed by atoms with Crippen LogP contribution < -0.4 is 0 Å². The molecule has 0 spiro atoms. The predicted molar refractivity (Wildman–Crippen MR) is 118 cm³/mol. The van der Waals surface area contributed by atoms with Crippen molar-refractivity contribution in [3.63, 3.8) is 0 Å². The highest BCUT2D eigenvalue weighted by Crippen LogP contribution is 2.42. The minimum atomic E-state index is -1.56. The van der Waals surface area contributed by atoms with E-state index in [0.29, 0.717) is 12.8 Å². The van der Waals surface area contributed by atoms with Gasteiger partial charge < -0.3 is 9.47 Å². The molecule has 0 saturated heterocycles. The maximum absolute atomic E-state index is 12.8. The minimum Gasteiger partial charge on any atom is -0.465 e. The Hall–Kier alpha value is -1.62. The van der Waals surface area contributed by atoms with Crippen LogP contribution in [0.4, 0.5) is 0 Å². The third kappa shape index (κ3) is 7.08. The molecule has 0 radical (unpaired) electrons. The van der Waals surface area contributed by atoms with Crippen LogP contribution in [0.1, 0.15) is 59.3 Å². The van der Waals surface area contributed by atoms with Crippen molar-refractivity contribution >= 4 is 20.0 Å². The number of ether oxygens (including phenoxy) is 2. The molecule has 1 rings (SSSR count). The Labute approximate surface area is 172 Å². The smallest absolute Gasteiger partial charge is 0.324 e. The van der Waals surface area contributed by atoms with E-state index in [2.05, 4.69) is 44.4 Å². The van der Waals surface area contributed by atoms with E-state index < -0.39 is 25.4 Å². The molecule has 28 heavy (non-hydrogen) atoms. The summed E-state index contributed by atoms with van der Waals surface area (Å²) in [6.45, 7) is 13.0. The van der Waals surface area contributed by atoms with E-state index in [4.69, 9.17) is 9.47 Å². The summed E-state index contributed by atoms with van der Waals surface area (Å²) in [6.07, 6.45) is 11.7. The molecule has 1 aliphatic carbocycles. The van der Waals surface area contributed by atoms with Crippen LogP contribution in [-0.4, -0.2) is 33.2 Å². The predicted octanol–water partition coefficient (Wildman–Crippen LogP) is 5.76. The summed E-state index contributed by atoms with van der Waals surface area (Å²) in [5.74, 6) is -0.950. The van der Waals surface area contributed by atoms with Crippen molar-refractivity contribution in [1.29, 1.82) is 0 Å². The van der Waals surface area contributed by atoms with Crippen LogP contribution in [0.3, 0.4) is 0 Å². The Morgan fingerprint density at radius 1 is 1.07 bits per heavy atom. The summed E-state index contributed by atoms with van der Waals surface area (Å²) in [5.41, 5.74) is 3.22. The first kappa shape index (κ1) is 24.4. The van der Waals surface area contributed by atoms with Gasteiger partial charge in [-0.2, -0.15) is 0 Å². The number of allylic oxidation sites excluding steroid dienone is 5. The fourth-order valence-electron chi connectivity index (χ4n) is 3.40. The van der Waals surface area contributed by atoms with Crippen molar-refractivity contribution in [3.8, 4) is 0 Å². The van der Waals surface area contributed by atoms with E-state index in [1.807, 2.05) is 6.08 Å². The van der Waals surface area contributed by atoms with E-state index >= 15 is 0 Å². The van der Waals surface area contributed by atoms with Gasteiger partial charge in [-0.3, -0.25) is 9.59 Å². The lowest BCUT2D eigenvalue weighted by atomic mass is 9.72. The zero-order valence-corrected chi connectivity index (χ0v) is 19.6. The van der Waals surface area contributed by atoms with Crippen molar-refractivity contribution in [2.45, 2.75) is 78.9 Å². The van der Waals surface area contributed by atoms with Gasteiger partial charge in [-0.1, -0.05) is 63.3 Å². The maximum atomic E-state index is 12.8. The topological polar surface area (TPSA) is 52.6 Å². The van der Waals surface area contributed by atoms with Crippen LogP contribution in [0.5, 0.6) is 0 Å².